The first kappa shape index (κ1) is 28.8. The van der Waals surface area contributed by atoms with Crippen molar-refractivity contribution in [3.05, 3.63) is 96.3 Å². The number of hydrogen-bond donors (Lipinski definition) is 1. The molecule has 38 heavy (non-hydrogen) atoms. The van der Waals surface area contributed by atoms with E-state index in [-0.39, 0.29) is 29.1 Å². The Morgan fingerprint density at radius 3 is 2.00 bits per heavy atom. The van der Waals surface area contributed by atoms with Gasteiger partial charge in [0.1, 0.15) is 18.4 Å². The van der Waals surface area contributed by atoms with Gasteiger partial charge in [0.15, 0.2) is 0 Å². The molecule has 0 aliphatic heterocycles. The zero-order chi connectivity index (χ0) is 27.7. The molecule has 0 aliphatic carbocycles. The molecule has 7 nitrogen and oxygen atoms in total. The summed E-state index contributed by atoms with van der Waals surface area (Å²) in [6.07, 6.45) is 1.06. The quantitative estimate of drug-likeness (QED) is 0.360. The zero-order valence-corrected chi connectivity index (χ0v) is 22.7. The van der Waals surface area contributed by atoms with Crippen LogP contribution in [0, 0.1) is 5.82 Å². The molecule has 3 aromatic rings. The van der Waals surface area contributed by atoms with Gasteiger partial charge in [-0.15, -0.1) is 0 Å². The maximum Gasteiger partial charge on any atom is 0.264 e. The van der Waals surface area contributed by atoms with E-state index in [9.17, 15) is 22.4 Å². The first-order valence-corrected chi connectivity index (χ1v) is 14.1. The molecule has 0 saturated heterocycles. The van der Waals surface area contributed by atoms with Gasteiger partial charge in [-0.05, 0) is 61.7 Å². The Kier molecular flexibility index (Phi) is 10.0. The largest absolute Gasteiger partial charge is 0.352 e. The molecule has 0 heterocycles. The maximum absolute atomic E-state index is 13.9. The zero-order valence-electron chi connectivity index (χ0n) is 21.9. The minimum Gasteiger partial charge on any atom is -0.352 e. The van der Waals surface area contributed by atoms with E-state index < -0.39 is 34.3 Å². The van der Waals surface area contributed by atoms with Crippen molar-refractivity contribution in [1.82, 2.24) is 10.2 Å². The maximum atomic E-state index is 13.9. The summed E-state index contributed by atoms with van der Waals surface area (Å²) in [5.41, 5.74) is 0.940. The highest BCUT2D eigenvalue weighted by atomic mass is 32.2. The van der Waals surface area contributed by atoms with E-state index >= 15 is 0 Å². The highest BCUT2D eigenvalue weighted by molar-refractivity contribution is 7.92. The summed E-state index contributed by atoms with van der Waals surface area (Å²) in [5.74, 6) is -1.38. The molecule has 2 atom stereocenters. The van der Waals surface area contributed by atoms with Crippen LogP contribution >= 0.6 is 0 Å². The van der Waals surface area contributed by atoms with Crippen LogP contribution in [0.25, 0.3) is 0 Å². The SMILES string of the molecule is CC[C@H](C(=O)N[C@@H](C)CC)N(Cc1ccccc1)C(=O)CN(c1ccc(F)cc1)S(=O)(=O)c1ccccc1. The number of benzene rings is 3. The summed E-state index contributed by atoms with van der Waals surface area (Å²) in [7, 11) is -4.18. The molecule has 3 aromatic carbocycles. The Morgan fingerprint density at radius 1 is 0.868 bits per heavy atom. The Morgan fingerprint density at radius 2 is 1.45 bits per heavy atom. The summed E-state index contributed by atoms with van der Waals surface area (Å²) < 4.78 is 42.0. The van der Waals surface area contributed by atoms with E-state index in [4.69, 9.17) is 0 Å². The van der Waals surface area contributed by atoms with Crippen LogP contribution in [0.3, 0.4) is 0 Å². The molecular formula is C29H34FN3O4S. The fourth-order valence-corrected chi connectivity index (χ4v) is 5.43. The molecule has 0 radical (unpaired) electrons. The summed E-state index contributed by atoms with van der Waals surface area (Å²) in [4.78, 5) is 28.5. The molecule has 9 heteroatoms. The highest BCUT2D eigenvalue weighted by Gasteiger charge is 2.33. The number of rotatable bonds is 12. The van der Waals surface area contributed by atoms with E-state index in [1.807, 2.05) is 51.1 Å². The van der Waals surface area contributed by atoms with Crippen LogP contribution in [0.5, 0.6) is 0 Å². The molecule has 1 N–H and O–H groups in total. The second-order valence-electron chi connectivity index (χ2n) is 9.05. The van der Waals surface area contributed by atoms with Gasteiger partial charge in [-0.2, -0.15) is 0 Å². The van der Waals surface area contributed by atoms with Gasteiger partial charge >= 0.3 is 0 Å². The molecule has 0 unspecified atom stereocenters. The van der Waals surface area contributed by atoms with Crippen LogP contribution in [-0.2, 0) is 26.2 Å². The third kappa shape index (κ3) is 7.19. The lowest BCUT2D eigenvalue weighted by Crippen LogP contribution is -2.53. The molecule has 0 saturated carbocycles. The van der Waals surface area contributed by atoms with Crippen molar-refractivity contribution in [3.63, 3.8) is 0 Å². The number of hydrogen-bond acceptors (Lipinski definition) is 4. The molecule has 0 spiro atoms. The minimum absolute atomic E-state index is 0.00621. The minimum atomic E-state index is -4.18. The van der Waals surface area contributed by atoms with Gasteiger partial charge < -0.3 is 10.2 Å². The number of anilines is 1. The van der Waals surface area contributed by atoms with Crippen molar-refractivity contribution >= 4 is 27.5 Å². The highest BCUT2D eigenvalue weighted by Crippen LogP contribution is 2.25. The number of sulfonamides is 1. The number of nitrogens with zero attached hydrogens (tertiary/aromatic N) is 2. The van der Waals surface area contributed by atoms with Gasteiger partial charge in [-0.25, -0.2) is 12.8 Å². The number of halogens is 1. The second-order valence-corrected chi connectivity index (χ2v) is 10.9. The number of nitrogens with one attached hydrogen (secondary N) is 1. The molecular weight excluding hydrogens is 505 g/mol. The van der Waals surface area contributed by atoms with Crippen molar-refractivity contribution in [3.8, 4) is 0 Å². The Balaban J connectivity index is 2.02. The Hall–Kier alpha value is -3.72. The van der Waals surface area contributed by atoms with E-state index in [2.05, 4.69) is 5.32 Å². The van der Waals surface area contributed by atoms with Crippen molar-refractivity contribution in [2.45, 2.75) is 57.1 Å². The fraction of sp³-hybridized carbons (Fsp3) is 0.310. The van der Waals surface area contributed by atoms with Crippen LogP contribution in [-0.4, -0.2) is 43.8 Å². The predicted molar refractivity (Wildman–Crippen MR) is 146 cm³/mol. The molecule has 2 amide bonds. The number of carbonyl (C=O) groups is 2. The molecule has 0 bridgehead atoms. The van der Waals surface area contributed by atoms with Gasteiger partial charge in [-0.3, -0.25) is 13.9 Å². The van der Waals surface area contributed by atoms with Crippen LogP contribution < -0.4 is 9.62 Å². The van der Waals surface area contributed by atoms with Crippen LogP contribution in [0.2, 0.25) is 0 Å². The molecule has 3 rings (SSSR count). The molecule has 202 valence electrons. The standard InChI is InChI=1S/C29H34FN3O4S/c1-4-22(3)31-29(35)27(5-2)32(20-23-12-8-6-9-13-23)28(34)21-33(25-18-16-24(30)17-19-25)38(36,37)26-14-10-7-11-15-26/h6-19,22,27H,4-5,20-21H2,1-3H3,(H,31,35)/t22-,27+/m0/s1. The Labute approximate surface area is 224 Å². The molecule has 0 aliphatic rings. The Bertz CT molecular complexity index is 1300. The van der Waals surface area contributed by atoms with Gasteiger partial charge in [0.25, 0.3) is 10.0 Å². The number of amides is 2. The number of carbonyl (C=O) groups excluding carboxylic acids is 2. The van der Waals surface area contributed by atoms with Crippen LogP contribution in [0.1, 0.15) is 39.2 Å². The third-order valence-corrected chi connectivity index (χ3v) is 8.10. The average Bonchev–Trinajstić information content (AvgIpc) is 2.93. The van der Waals surface area contributed by atoms with Crippen molar-refractivity contribution in [1.29, 1.82) is 0 Å². The fourth-order valence-electron chi connectivity index (χ4n) is 4.00. The van der Waals surface area contributed by atoms with E-state index in [0.29, 0.717) is 6.42 Å². The van der Waals surface area contributed by atoms with Gasteiger partial charge in [-0.1, -0.05) is 62.4 Å². The van der Waals surface area contributed by atoms with Gasteiger partial charge in [0.2, 0.25) is 11.8 Å². The van der Waals surface area contributed by atoms with Gasteiger partial charge in [0.05, 0.1) is 10.6 Å². The first-order valence-electron chi connectivity index (χ1n) is 12.6. The van der Waals surface area contributed by atoms with E-state index in [0.717, 1.165) is 28.4 Å². The summed E-state index contributed by atoms with van der Waals surface area (Å²) in [5, 5.41) is 2.94. The summed E-state index contributed by atoms with van der Waals surface area (Å²) >= 11 is 0. The molecule has 0 aromatic heterocycles. The van der Waals surface area contributed by atoms with Crippen LogP contribution in [0.4, 0.5) is 10.1 Å². The smallest absolute Gasteiger partial charge is 0.264 e. The van der Waals surface area contributed by atoms with E-state index in [1.54, 1.807) is 18.2 Å². The lowest BCUT2D eigenvalue weighted by molar-refractivity contribution is -0.140. The van der Waals surface area contributed by atoms with Crippen molar-refractivity contribution < 1.29 is 22.4 Å². The summed E-state index contributed by atoms with van der Waals surface area (Å²) in [6.45, 7) is 5.20. The first-order chi connectivity index (χ1) is 18.2. The predicted octanol–water partition coefficient (Wildman–Crippen LogP) is 4.74. The summed E-state index contributed by atoms with van der Waals surface area (Å²) in [6, 6.07) is 21.0. The van der Waals surface area contributed by atoms with E-state index in [1.165, 1.54) is 29.2 Å². The van der Waals surface area contributed by atoms with Crippen molar-refractivity contribution in [2.24, 2.45) is 0 Å². The van der Waals surface area contributed by atoms with Crippen molar-refractivity contribution in [2.75, 3.05) is 10.8 Å². The monoisotopic (exact) mass is 539 g/mol. The van der Waals surface area contributed by atoms with Crippen LogP contribution in [0.15, 0.2) is 89.8 Å². The second kappa shape index (κ2) is 13.2. The topological polar surface area (TPSA) is 86.8 Å². The van der Waals surface area contributed by atoms with Gasteiger partial charge in [0, 0.05) is 12.6 Å². The lowest BCUT2D eigenvalue weighted by atomic mass is 10.1. The average molecular weight is 540 g/mol. The third-order valence-electron chi connectivity index (χ3n) is 6.31. The lowest BCUT2D eigenvalue weighted by Gasteiger charge is -2.33. The molecule has 0 fully saturated rings. The normalized spacial score (nSPS) is 12.8.